The molecule has 5 rings (SSSR count). The summed E-state index contributed by atoms with van der Waals surface area (Å²) in [4.78, 5) is 27.0. The third-order valence-electron chi connectivity index (χ3n) is 6.87. The van der Waals surface area contributed by atoms with Gasteiger partial charge in [0, 0.05) is 35.5 Å². The van der Waals surface area contributed by atoms with Crippen molar-refractivity contribution >= 4 is 16.9 Å². The van der Waals surface area contributed by atoms with E-state index in [4.69, 9.17) is 14.2 Å². The molecule has 0 radical (unpaired) electrons. The first kappa shape index (κ1) is 25.7. The predicted octanol–water partition coefficient (Wildman–Crippen LogP) is 5.03. The number of pyridine rings is 1. The van der Waals surface area contributed by atoms with Gasteiger partial charge >= 0.3 is 6.09 Å². The molecule has 2 aliphatic rings. The van der Waals surface area contributed by atoms with Crippen molar-refractivity contribution in [1.29, 1.82) is 5.26 Å². The summed E-state index contributed by atoms with van der Waals surface area (Å²) in [6, 6.07) is 13.5. The summed E-state index contributed by atoms with van der Waals surface area (Å²) in [5, 5.41) is 11.1. The van der Waals surface area contributed by atoms with Crippen LogP contribution in [0.1, 0.15) is 43.8 Å². The van der Waals surface area contributed by atoms with Crippen molar-refractivity contribution < 1.29 is 23.4 Å². The molecule has 1 saturated carbocycles. The molecule has 198 valence electrons. The normalized spacial score (nSPS) is 15.3. The molecule has 2 aromatic carbocycles. The number of nitrogens with zero attached hydrogens (tertiary/aromatic N) is 3. The van der Waals surface area contributed by atoms with Crippen molar-refractivity contribution in [3.8, 4) is 22.9 Å². The molecule has 1 amide bonds. The maximum absolute atomic E-state index is 14.1. The van der Waals surface area contributed by atoms with Crippen LogP contribution in [0.25, 0.3) is 21.9 Å². The molecule has 0 unspecified atom stereocenters. The number of morpholine rings is 1. The van der Waals surface area contributed by atoms with E-state index in [2.05, 4.69) is 6.07 Å². The van der Waals surface area contributed by atoms with Crippen LogP contribution in [-0.2, 0) is 9.47 Å². The molecule has 2 heterocycles. The van der Waals surface area contributed by atoms with Gasteiger partial charge < -0.3 is 19.1 Å². The Morgan fingerprint density at radius 1 is 1.05 bits per heavy atom. The number of carbonyl (C=O) groups excluding carboxylic acids is 1. The molecule has 38 heavy (non-hydrogen) atoms. The van der Waals surface area contributed by atoms with Crippen molar-refractivity contribution in [2.75, 3.05) is 39.5 Å². The van der Waals surface area contributed by atoms with Crippen molar-refractivity contribution in [3.63, 3.8) is 0 Å². The number of fused-ring (bicyclic) bond motifs is 1. The Kier molecular flexibility index (Phi) is 7.89. The molecule has 2 fully saturated rings. The van der Waals surface area contributed by atoms with Crippen LogP contribution in [0.2, 0.25) is 0 Å². The fraction of sp³-hybridized carbons (Fsp3) is 0.414. The molecule has 0 N–H and O–H groups in total. The number of aromatic nitrogens is 1. The van der Waals surface area contributed by atoms with Crippen molar-refractivity contribution in [2.24, 2.45) is 0 Å². The zero-order valence-corrected chi connectivity index (χ0v) is 21.2. The lowest BCUT2D eigenvalue weighted by atomic mass is 9.96. The Morgan fingerprint density at radius 3 is 2.58 bits per heavy atom. The molecule has 1 aliphatic heterocycles. The molecule has 1 aliphatic carbocycles. The van der Waals surface area contributed by atoms with E-state index in [1.807, 2.05) is 0 Å². The second-order valence-electron chi connectivity index (χ2n) is 9.58. The Morgan fingerprint density at radius 2 is 1.84 bits per heavy atom. The van der Waals surface area contributed by atoms with Crippen molar-refractivity contribution in [1.82, 2.24) is 9.47 Å². The minimum Gasteiger partial charge on any atom is -0.494 e. The van der Waals surface area contributed by atoms with Gasteiger partial charge in [0.2, 0.25) is 0 Å². The highest BCUT2D eigenvalue weighted by Crippen LogP contribution is 2.39. The molecule has 1 saturated heterocycles. The first-order chi connectivity index (χ1) is 18.6. The molecular weight excluding hydrogens is 489 g/mol. The third kappa shape index (κ3) is 5.65. The molecule has 0 bridgehead atoms. The van der Waals surface area contributed by atoms with Crippen LogP contribution in [0.3, 0.4) is 0 Å². The standard InChI is InChI=1S/C29H30FN3O5/c30-21-6-4-5-20(17-21)27-25-18-23(9-10-24(25)28(34)33(22-7-8-22)26(27)19-31)37-13-2-1-3-14-38-29(35)32-11-15-36-16-12-32/h4-6,9-10,17-18,22H,1-3,7-8,11-16H2. The van der Waals surface area contributed by atoms with Gasteiger partial charge in [0.05, 0.1) is 26.4 Å². The number of unbranched alkanes of at least 4 members (excludes halogenated alkanes) is 2. The topological polar surface area (TPSA) is 93.8 Å². The summed E-state index contributed by atoms with van der Waals surface area (Å²) < 4.78 is 32.2. The fourth-order valence-corrected chi connectivity index (χ4v) is 4.78. The Balaban J connectivity index is 1.26. The highest BCUT2D eigenvalue weighted by Gasteiger charge is 2.30. The van der Waals surface area contributed by atoms with Gasteiger partial charge in [-0.2, -0.15) is 5.26 Å². The number of hydrogen-bond donors (Lipinski definition) is 0. The lowest BCUT2D eigenvalue weighted by Gasteiger charge is -2.25. The number of hydrogen-bond acceptors (Lipinski definition) is 6. The maximum atomic E-state index is 14.1. The molecule has 8 nitrogen and oxygen atoms in total. The number of rotatable bonds is 9. The first-order valence-electron chi connectivity index (χ1n) is 13.1. The Bertz CT molecular complexity index is 1420. The summed E-state index contributed by atoms with van der Waals surface area (Å²) >= 11 is 0. The molecule has 3 aromatic rings. The van der Waals surface area contributed by atoms with Crippen LogP contribution in [0.5, 0.6) is 5.75 Å². The van der Waals surface area contributed by atoms with E-state index >= 15 is 0 Å². The highest BCUT2D eigenvalue weighted by molar-refractivity contribution is 5.99. The van der Waals surface area contributed by atoms with Crippen molar-refractivity contribution in [3.05, 3.63) is 64.3 Å². The molecule has 0 spiro atoms. The maximum Gasteiger partial charge on any atom is 0.409 e. The number of benzene rings is 2. The van der Waals surface area contributed by atoms with Crippen LogP contribution in [-0.4, -0.2) is 55.1 Å². The second kappa shape index (κ2) is 11.7. The smallest absolute Gasteiger partial charge is 0.409 e. The van der Waals surface area contributed by atoms with Crippen LogP contribution in [0.4, 0.5) is 9.18 Å². The van der Waals surface area contributed by atoms with Gasteiger partial charge in [-0.1, -0.05) is 12.1 Å². The van der Waals surface area contributed by atoms with Gasteiger partial charge in [-0.15, -0.1) is 0 Å². The number of carbonyl (C=O) groups is 1. The summed E-state index contributed by atoms with van der Waals surface area (Å²) in [5.74, 6) is 0.160. The molecular formula is C29H30FN3O5. The number of ether oxygens (including phenoxy) is 3. The van der Waals surface area contributed by atoms with Gasteiger partial charge in [-0.3, -0.25) is 9.36 Å². The monoisotopic (exact) mass is 519 g/mol. The van der Waals surface area contributed by atoms with Gasteiger partial charge in [-0.25, -0.2) is 9.18 Å². The summed E-state index contributed by atoms with van der Waals surface area (Å²) in [7, 11) is 0. The van der Waals surface area contributed by atoms with E-state index in [9.17, 15) is 19.2 Å². The van der Waals surface area contributed by atoms with Crippen molar-refractivity contribution in [2.45, 2.75) is 38.1 Å². The fourth-order valence-electron chi connectivity index (χ4n) is 4.78. The SMILES string of the molecule is N#Cc1c(-c2cccc(F)c2)c2cc(OCCCCCOC(=O)N3CCOCC3)ccc2c(=O)n1C1CC1. The van der Waals surface area contributed by atoms with Crippen LogP contribution in [0.15, 0.2) is 47.3 Å². The zero-order chi connectivity index (χ0) is 26.5. The Labute approximate surface area is 220 Å². The number of nitriles is 1. The van der Waals surface area contributed by atoms with Gasteiger partial charge in [0.1, 0.15) is 23.3 Å². The van der Waals surface area contributed by atoms with E-state index in [0.29, 0.717) is 67.2 Å². The van der Waals surface area contributed by atoms with Gasteiger partial charge in [-0.05, 0) is 68.0 Å². The minimum absolute atomic E-state index is 0.00192. The van der Waals surface area contributed by atoms with E-state index in [-0.39, 0.29) is 23.4 Å². The lowest BCUT2D eigenvalue weighted by Crippen LogP contribution is -2.41. The van der Waals surface area contributed by atoms with E-state index in [1.165, 1.54) is 12.1 Å². The number of amides is 1. The molecule has 9 heteroatoms. The zero-order valence-electron chi connectivity index (χ0n) is 21.2. The third-order valence-corrected chi connectivity index (χ3v) is 6.87. The van der Waals surface area contributed by atoms with Gasteiger partial charge in [0.25, 0.3) is 5.56 Å². The summed E-state index contributed by atoms with van der Waals surface area (Å²) in [5.41, 5.74) is 1.13. The van der Waals surface area contributed by atoms with Crippen LogP contribution < -0.4 is 10.3 Å². The van der Waals surface area contributed by atoms with E-state index in [1.54, 1.807) is 39.8 Å². The average Bonchev–Trinajstić information content (AvgIpc) is 3.78. The first-order valence-corrected chi connectivity index (χ1v) is 13.1. The van der Waals surface area contributed by atoms with Crippen LogP contribution >= 0.6 is 0 Å². The highest BCUT2D eigenvalue weighted by atomic mass is 19.1. The summed E-state index contributed by atoms with van der Waals surface area (Å²) in [6.07, 6.45) is 3.70. The molecule has 0 atom stereocenters. The largest absolute Gasteiger partial charge is 0.494 e. The van der Waals surface area contributed by atoms with E-state index in [0.717, 1.165) is 32.1 Å². The quantitative estimate of drug-likeness (QED) is 0.368. The van der Waals surface area contributed by atoms with Crippen LogP contribution in [0, 0.1) is 17.1 Å². The predicted molar refractivity (Wildman–Crippen MR) is 140 cm³/mol. The lowest BCUT2D eigenvalue weighted by molar-refractivity contribution is 0.0267. The Hall–Kier alpha value is -3.90. The van der Waals surface area contributed by atoms with E-state index < -0.39 is 5.82 Å². The second-order valence-corrected chi connectivity index (χ2v) is 9.58. The van der Waals surface area contributed by atoms with Gasteiger partial charge in [0.15, 0.2) is 0 Å². The minimum atomic E-state index is -0.410. The number of halogens is 1. The summed E-state index contributed by atoms with van der Waals surface area (Å²) in [6.45, 7) is 3.00. The molecule has 1 aromatic heterocycles. The average molecular weight is 520 g/mol.